The highest BCUT2D eigenvalue weighted by Crippen LogP contribution is 2.03. The van der Waals surface area contributed by atoms with Crippen LogP contribution in [-0.2, 0) is 4.74 Å². The fraction of sp³-hybridized carbons (Fsp3) is 1.00. The highest BCUT2D eigenvalue weighted by Gasteiger charge is 2.22. The molecule has 3 unspecified atom stereocenters. The van der Waals surface area contributed by atoms with Crippen molar-refractivity contribution < 1.29 is 20.1 Å². The third kappa shape index (κ3) is 3.67. The minimum atomic E-state index is -1.11. The first-order valence-corrected chi connectivity index (χ1v) is 3.66. The minimum absolute atomic E-state index is 0.0399. The van der Waals surface area contributed by atoms with E-state index in [4.69, 9.17) is 15.3 Å². The van der Waals surface area contributed by atoms with Gasteiger partial charge in [-0.25, -0.2) is 0 Å². The van der Waals surface area contributed by atoms with E-state index in [1.807, 2.05) is 0 Å². The summed E-state index contributed by atoms with van der Waals surface area (Å²) >= 11 is 0. The van der Waals surface area contributed by atoms with Gasteiger partial charge in [0.25, 0.3) is 0 Å². The number of ether oxygens (including phenoxy) is 1. The molecule has 3 atom stereocenters. The van der Waals surface area contributed by atoms with Crippen LogP contribution in [0.3, 0.4) is 0 Å². The molecule has 0 aromatic heterocycles. The first-order chi connectivity index (χ1) is 5.13. The molecule has 0 amide bonds. The maximum atomic E-state index is 9.14. The maximum absolute atomic E-state index is 9.14. The van der Waals surface area contributed by atoms with E-state index < -0.39 is 18.3 Å². The zero-order valence-electron chi connectivity index (χ0n) is 6.90. The Kier molecular flexibility index (Phi) is 5.41. The van der Waals surface area contributed by atoms with Gasteiger partial charge in [-0.05, 0) is 6.42 Å². The van der Waals surface area contributed by atoms with E-state index in [2.05, 4.69) is 4.74 Å². The molecule has 0 bridgehead atoms. The number of aliphatic hydroxyl groups excluding tert-OH is 3. The molecule has 0 spiro atoms. The van der Waals surface area contributed by atoms with E-state index in [0.717, 1.165) is 0 Å². The Hall–Kier alpha value is -0.160. The molecule has 68 valence electrons. The van der Waals surface area contributed by atoms with Gasteiger partial charge in [-0.2, -0.15) is 0 Å². The fourth-order valence-electron chi connectivity index (χ4n) is 0.767. The first-order valence-electron chi connectivity index (χ1n) is 3.66. The Bertz CT molecular complexity index is 96.4. The standard InChI is InChI=1S/C7H16O4/c1-3-5(8)7(10)6(9)4-11-2/h5-10H,3-4H2,1-2H3. The van der Waals surface area contributed by atoms with Crippen LogP contribution in [0.5, 0.6) is 0 Å². The summed E-state index contributed by atoms with van der Waals surface area (Å²) in [4.78, 5) is 0. The van der Waals surface area contributed by atoms with Gasteiger partial charge >= 0.3 is 0 Å². The third-order valence-electron chi connectivity index (χ3n) is 1.54. The predicted molar refractivity (Wildman–Crippen MR) is 40.2 cm³/mol. The SMILES string of the molecule is CCC(O)C(O)C(O)COC. The minimum Gasteiger partial charge on any atom is -0.390 e. The zero-order valence-corrected chi connectivity index (χ0v) is 6.90. The molecule has 0 saturated heterocycles. The van der Waals surface area contributed by atoms with Gasteiger partial charge < -0.3 is 20.1 Å². The van der Waals surface area contributed by atoms with E-state index in [9.17, 15) is 0 Å². The Balaban J connectivity index is 3.70. The Morgan fingerprint density at radius 2 is 1.73 bits per heavy atom. The van der Waals surface area contributed by atoms with Crippen molar-refractivity contribution >= 4 is 0 Å². The van der Waals surface area contributed by atoms with E-state index in [1.54, 1.807) is 6.92 Å². The summed E-state index contributed by atoms with van der Waals surface area (Å²) in [7, 11) is 1.42. The number of rotatable bonds is 5. The van der Waals surface area contributed by atoms with Crippen molar-refractivity contribution in [2.45, 2.75) is 31.7 Å². The van der Waals surface area contributed by atoms with Gasteiger partial charge in [0.15, 0.2) is 0 Å². The highest BCUT2D eigenvalue weighted by molar-refractivity contribution is 4.73. The van der Waals surface area contributed by atoms with E-state index >= 15 is 0 Å². The van der Waals surface area contributed by atoms with Gasteiger partial charge in [-0.1, -0.05) is 6.92 Å². The molecule has 0 fully saturated rings. The van der Waals surface area contributed by atoms with Crippen LogP contribution in [0.25, 0.3) is 0 Å². The molecule has 0 rings (SSSR count). The summed E-state index contributed by atoms with van der Waals surface area (Å²) in [6.07, 6.45) is -2.57. The largest absolute Gasteiger partial charge is 0.390 e. The lowest BCUT2D eigenvalue weighted by atomic mass is 10.1. The average Bonchev–Trinajstić information content (AvgIpc) is 2.02. The summed E-state index contributed by atoms with van der Waals surface area (Å²) in [5, 5.41) is 27.3. The van der Waals surface area contributed by atoms with Gasteiger partial charge in [0.05, 0.1) is 12.7 Å². The van der Waals surface area contributed by atoms with Gasteiger partial charge in [0.1, 0.15) is 12.2 Å². The molecular formula is C7H16O4. The van der Waals surface area contributed by atoms with Crippen LogP contribution < -0.4 is 0 Å². The Labute approximate surface area is 66.4 Å². The maximum Gasteiger partial charge on any atom is 0.108 e. The van der Waals surface area contributed by atoms with Gasteiger partial charge in [0, 0.05) is 7.11 Å². The van der Waals surface area contributed by atoms with Crippen LogP contribution in [-0.4, -0.2) is 47.3 Å². The molecule has 4 heteroatoms. The molecule has 0 aliphatic rings. The average molecular weight is 164 g/mol. The lowest BCUT2D eigenvalue weighted by Crippen LogP contribution is -2.39. The summed E-state index contributed by atoms with van der Waals surface area (Å²) in [6.45, 7) is 1.77. The Morgan fingerprint density at radius 3 is 2.09 bits per heavy atom. The topological polar surface area (TPSA) is 69.9 Å². The molecule has 0 saturated carbocycles. The normalized spacial score (nSPS) is 19.4. The Morgan fingerprint density at radius 1 is 1.18 bits per heavy atom. The molecular weight excluding hydrogens is 148 g/mol. The van der Waals surface area contributed by atoms with E-state index in [1.165, 1.54) is 7.11 Å². The van der Waals surface area contributed by atoms with E-state index in [0.29, 0.717) is 6.42 Å². The number of aliphatic hydroxyl groups is 3. The molecule has 0 radical (unpaired) electrons. The van der Waals surface area contributed by atoms with Gasteiger partial charge in [0.2, 0.25) is 0 Å². The molecule has 3 N–H and O–H groups in total. The van der Waals surface area contributed by atoms with E-state index in [-0.39, 0.29) is 6.61 Å². The first kappa shape index (κ1) is 10.8. The molecule has 11 heavy (non-hydrogen) atoms. The lowest BCUT2D eigenvalue weighted by molar-refractivity contribution is -0.0825. The monoisotopic (exact) mass is 164 g/mol. The van der Waals surface area contributed by atoms with Crippen molar-refractivity contribution in [3.63, 3.8) is 0 Å². The van der Waals surface area contributed by atoms with Gasteiger partial charge in [-0.3, -0.25) is 0 Å². The summed E-state index contributed by atoms with van der Waals surface area (Å²) < 4.78 is 4.60. The molecule has 0 heterocycles. The fourth-order valence-corrected chi connectivity index (χ4v) is 0.767. The van der Waals surface area contributed by atoms with Gasteiger partial charge in [-0.15, -0.1) is 0 Å². The smallest absolute Gasteiger partial charge is 0.108 e. The summed E-state index contributed by atoms with van der Waals surface area (Å²) in [5.41, 5.74) is 0. The predicted octanol–water partition coefficient (Wildman–Crippen LogP) is -0.875. The van der Waals surface area contributed by atoms with Crippen molar-refractivity contribution in [3.05, 3.63) is 0 Å². The van der Waals surface area contributed by atoms with Crippen LogP contribution in [0.1, 0.15) is 13.3 Å². The molecule has 4 nitrogen and oxygen atoms in total. The van der Waals surface area contributed by atoms with Crippen molar-refractivity contribution in [3.8, 4) is 0 Å². The second kappa shape index (κ2) is 5.49. The van der Waals surface area contributed by atoms with Crippen molar-refractivity contribution in [1.82, 2.24) is 0 Å². The molecule has 0 aromatic carbocycles. The summed E-state index contributed by atoms with van der Waals surface area (Å²) in [5.74, 6) is 0. The van der Waals surface area contributed by atoms with Crippen LogP contribution in [0.15, 0.2) is 0 Å². The van der Waals surface area contributed by atoms with Crippen molar-refractivity contribution in [2.75, 3.05) is 13.7 Å². The second-order valence-electron chi connectivity index (χ2n) is 2.49. The van der Waals surface area contributed by atoms with Crippen LogP contribution in [0.4, 0.5) is 0 Å². The second-order valence-corrected chi connectivity index (χ2v) is 2.49. The number of hydrogen-bond donors (Lipinski definition) is 3. The lowest BCUT2D eigenvalue weighted by Gasteiger charge is -2.20. The zero-order chi connectivity index (χ0) is 8.85. The molecule has 0 aliphatic carbocycles. The van der Waals surface area contributed by atoms with Crippen LogP contribution in [0.2, 0.25) is 0 Å². The van der Waals surface area contributed by atoms with Crippen LogP contribution in [0, 0.1) is 0 Å². The van der Waals surface area contributed by atoms with Crippen molar-refractivity contribution in [2.24, 2.45) is 0 Å². The number of methoxy groups -OCH3 is 1. The number of hydrogen-bond acceptors (Lipinski definition) is 4. The molecule has 0 aromatic rings. The quantitative estimate of drug-likeness (QED) is 0.494. The summed E-state index contributed by atoms with van der Waals surface area (Å²) in [6, 6.07) is 0. The highest BCUT2D eigenvalue weighted by atomic mass is 16.5. The molecule has 0 aliphatic heterocycles. The van der Waals surface area contributed by atoms with Crippen molar-refractivity contribution in [1.29, 1.82) is 0 Å². The third-order valence-corrected chi connectivity index (χ3v) is 1.54. The van der Waals surface area contributed by atoms with Crippen LogP contribution >= 0.6 is 0 Å².